The van der Waals surface area contributed by atoms with Crippen LogP contribution in [0.2, 0.25) is 0 Å². The predicted octanol–water partition coefficient (Wildman–Crippen LogP) is 0.689. The van der Waals surface area contributed by atoms with Gasteiger partial charge in [0.1, 0.15) is 11.4 Å². The van der Waals surface area contributed by atoms with Crippen LogP contribution in [0, 0.1) is 15.9 Å². The topological polar surface area (TPSA) is 130 Å². The van der Waals surface area contributed by atoms with Gasteiger partial charge < -0.3 is 15.5 Å². The third-order valence-electron chi connectivity index (χ3n) is 2.56. The SMILES string of the molecule is CC(O)(CNC(=O)c1cc(F)ccc1[N+](=O)[O-])CC(=O)O. The van der Waals surface area contributed by atoms with Crippen molar-refractivity contribution in [1.82, 2.24) is 5.32 Å². The molecule has 1 unspecified atom stereocenters. The third-order valence-corrected chi connectivity index (χ3v) is 2.56. The Morgan fingerprint density at radius 1 is 1.48 bits per heavy atom. The van der Waals surface area contributed by atoms with E-state index < -0.39 is 52.4 Å². The van der Waals surface area contributed by atoms with Crippen LogP contribution in [-0.2, 0) is 4.79 Å². The van der Waals surface area contributed by atoms with Crippen molar-refractivity contribution in [1.29, 1.82) is 0 Å². The van der Waals surface area contributed by atoms with Crippen LogP contribution >= 0.6 is 0 Å². The number of benzene rings is 1. The number of hydrogen-bond acceptors (Lipinski definition) is 5. The number of carbonyl (C=O) groups is 2. The summed E-state index contributed by atoms with van der Waals surface area (Å²) in [7, 11) is 0. The van der Waals surface area contributed by atoms with E-state index in [-0.39, 0.29) is 0 Å². The van der Waals surface area contributed by atoms with Crippen molar-refractivity contribution in [3.63, 3.8) is 0 Å². The zero-order valence-corrected chi connectivity index (χ0v) is 11.0. The highest BCUT2D eigenvalue weighted by molar-refractivity contribution is 5.98. The van der Waals surface area contributed by atoms with Crippen molar-refractivity contribution in [3.8, 4) is 0 Å². The summed E-state index contributed by atoms with van der Waals surface area (Å²) in [4.78, 5) is 32.2. The van der Waals surface area contributed by atoms with Gasteiger partial charge in [-0.15, -0.1) is 0 Å². The first-order chi connectivity index (χ1) is 9.62. The molecule has 21 heavy (non-hydrogen) atoms. The molecule has 1 rings (SSSR count). The van der Waals surface area contributed by atoms with Gasteiger partial charge in [-0.2, -0.15) is 0 Å². The van der Waals surface area contributed by atoms with Crippen molar-refractivity contribution >= 4 is 17.6 Å². The Bertz CT molecular complexity index is 587. The van der Waals surface area contributed by atoms with Crippen LogP contribution in [0.4, 0.5) is 10.1 Å². The van der Waals surface area contributed by atoms with E-state index >= 15 is 0 Å². The van der Waals surface area contributed by atoms with Crippen LogP contribution in [-0.4, -0.2) is 39.2 Å². The predicted molar refractivity (Wildman–Crippen MR) is 68.3 cm³/mol. The smallest absolute Gasteiger partial charge is 0.306 e. The van der Waals surface area contributed by atoms with E-state index in [1.807, 2.05) is 0 Å². The molecule has 0 bridgehead atoms. The van der Waals surface area contributed by atoms with E-state index in [4.69, 9.17) is 5.11 Å². The summed E-state index contributed by atoms with van der Waals surface area (Å²) >= 11 is 0. The highest BCUT2D eigenvalue weighted by Gasteiger charge is 2.27. The Kier molecular flexibility index (Phi) is 4.93. The number of rotatable bonds is 6. The molecule has 0 spiro atoms. The number of carboxylic acids is 1. The van der Waals surface area contributed by atoms with Gasteiger partial charge in [0.25, 0.3) is 11.6 Å². The lowest BCUT2D eigenvalue weighted by Crippen LogP contribution is -2.42. The normalized spacial score (nSPS) is 13.3. The first-order valence-electron chi connectivity index (χ1n) is 5.79. The van der Waals surface area contributed by atoms with Gasteiger partial charge in [-0.3, -0.25) is 19.7 Å². The number of nitro benzene ring substituents is 1. The van der Waals surface area contributed by atoms with Crippen molar-refractivity contribution in [2.24, 2.45) is 0 Å². The fourth-order valence-electron chi connectivity index (χ4n) is 1.60. The number of nitrogens with zero attached hydrogens (tertiary/aromatic N) is 1. The summed E-state index contributed by atoms with van der Waals surface area (Å²) in [6.45, 7) is 0.729. The molecule has 0 saturated carbocycles. The fraction of sp³-hybridized carbons (Fsp3) is 0.333. The summed E-state index contributed by atoms with van der Waals surface area (Å²) in [6, 6.07) is 2.38. The second kappa shape index (κ2) is 6.27. The van der Waals surface area contributed by atoms with Crippen LogP contribution in [0.25, 0.3) is 0 Å². The Labute approximate surface area is 118 Å². The maximum Gasteiger partial charge on any atom is 0.306 e. The molecular weight excluding hydrogens is 287 g/mol. The minimum absolute atomic E-state index is 0.453. The van der Waals surface area contributed by atoms with Crippen LogP contribution < -0.4 is 5.32 Å². The molecule has 0 aromatic heterocycles. The molecule has 0 aliphatic rings. The summed E-state index contributed by atoms with van der Waals surface area (Å²) < 4.78 is 13.1. The number of hydrogen-bond donors (Lipinski definition) is 3. The molecule has 1 aromatic carbocycles. The average Bonchev–Trinajstić information content (AvgIpc) is 2.34. The zero-order valence-electron chi connectivity index (χ0n) is 11.0. The van der Waals surface area contributed by atoms with Gasteiger partial charge in [-0.25, -0.2) is 4.39 Å². The number of nitrogens with one attached hydrogen (secondary N) is 1. The number of aliphatic hydroxyl groups is 1. The highest BCUT2D eigenvalue weighted by atomic mass is 19.1. The second-order valence-corrected chi connectivity index (χ2v) is 4.67. The molecule has 0 aliphatic carbocycles. The van der Waals surface area contributed by atoms with Crippen LogP contribution in [0.15, 0.2) is 18.2 Å². The van der Waals surface area contributed by atoms with Crippen molar-refractivity contribution in [3.05, 3.63) is 39.7 Å². The largest absolute Gasteiger partial charge is 0.481 e. The standard InChI is InChI=1S/C12H13FN2O6/c1-12(19,5-10(16)17)6-14-11(18)8-4-7(13)2-3-9(8)15(20)21/h2-4,19H,5-6H2,1H3,(H,14,18)(H,16,17). The number of amides is 1. The lowest BCUT2D eigenvalue weighted by molar-refractivity contribution is -0.385. The molecule has 9 heteroatoms. The Morgan fingerprint density at radius 2 is 2.10 bits per heavy atom. The van der Waals surface area contributed by atoms with Gasteiger partial charge in [0.15, 0.2) is 0 Å². The van der Waals surface area contributed by atoms with Gasteiger partial charge in [-0.05, 0) is 19.1 Å². The van der Waals surface area contributed by atoms with Crippen LogP contribution in [0.5, 0.6) is 0 Å². The molecule has 1 amide bonds. The van der Waals surface area contributed by atoms with E-state index in [1.165, 1.54) is 6.92 Å². The maximum atomic E-state index is 13.1. The van der Waals surface area contributed by atoms with Gasteiger partial charge >= 0.3 is 5.97 Å². The molecular formula is C12H13FN2O6. The first-order valence-corrected chi connectivity index (χ1v) is 5.79. The Hall–Kier alpha value is -2.55. The quantitative estimate of drug-likeness (QED) is 0.523. The van der Waals surface area contributed by atoms with E-state index in [9.17, 15) is 29.2 Å². The number of nitro groups is 1. The lowest BCUT2D eigenvalue weighted by Gasteiger charge is -2.21. The minimum Gasteiger partial charge on any atom is -0.481 e. The number of halogens is 1. The Morgan fingerprint density at radius 3 is 2.62 bits per heavy atom. The molecule has 0 aliphatic heterocycles. The summed E-state index contributed by atoms with van der Waals surface area (Å²) in [5.41, 5.74) is -2.83. The molecule has 0 radical (unpaired) electrons. The zero-order chi connectivity index (χ0) is 16.2. The van der Waals surface area contributed by atoms with E-state index in [0.717, 1.165) is 12.1 Å². The third kappa shape index (κ3) is 4.80. The number of aliphatic carboxylic acids is 1. The minimum atomic E-state index is -1.73. The van der Waals surface area contributed by atoms with Gasteiger partial charge in [0.2, 0.25) is 0 Å². The summed E-state index contributed by atoms with van der Waals surface area (Å²) in [5, 5.41) is 31.2. The molecule has 0 heterocycles. The molecule has 0 saturated heterocycles. The van der Waals surface area contributed by atoms with Crippen LogP contribution in [0.3, 0.4) is 0 Å². The van der Waals surface area contributed by atoms with Gasteiger partial charge in [-0.1, -0.05) is 0 Å². The molecule has 8 nitrogen and oxygen atoms in total. The number of carboxylic acid groups (broad SMARTS) is 1. The first kappa shape index (κ1) is 16.5. The van der Waals surface area contributed by atoms with Crippen molar-refractivity contribution in [2.45, 2.75) is 18.9 Å². The van der Waals surface area contributed by atoms with Crippen molar-refractivity contribution < 1.29 is 29.1 Å². The summed E-state index contributed by atoms with van der Waals surface area (Å²) in [5.74, 6) is -3.08. The van der Waals surface area contributed by atoms with Gasteiger partial charge in [0, 0.05) is 12.6 Å². The van der Waals surface area contributed by atoms with Gasteiger partial charge in [0.05, 0.1) is 16.9 Å². The average molecular weight is 300 g/mol. The lowest BCUT2D eigenvalue weighted by atomic mass is 10.0. The Balaban J connectivity index is 2.88. The van der Waals surface area contributed by atoms with E-state index in [0.29, 0.717) is 6.07 Å². The maximum absolute atomic E-state index is 13.1. The van der Waals surface area contributed by atoms with E-state index in [1.54, 1.807) is 0 Å². The molecule has 1 aromatic rings. The fourth-order valence-corrected chi connectivity index (χ4v) is 1.60. The second-order valence-electron chi connectivity index (χ2n) is 4.67. The number of carbonyl (C=O) groups excluding carboxylic acids is 1. The molecule has 3 N–H and O–H groups in total. The highest BCUT2D eigenvalue weighted by Crippen LogP contribution is 2.19. The summed E-state index contributed by atoms with van der Waals surface area (Å²) in [6.07, 6.45) is -0.626. The monoisotopic (exact) mass is 300 g/mol. The van der Waals surface area contributed by atoms with Crippen LogP contribution in [0.1, 0.15) is 23.7 Å². The van der Waals surface area contributed by atoms with E-state index in [2.05, 4.69) is 5.32 Å². The molecule has 114 valence electrons. The molecule has 1 atom stereocenters. The molecule has 0 fully saturated rings. The van der Waals surface area contributed by atoms with Crippen molar-refractivity contribution in [2.75, 3.05) is 6.54 Å².